The number of aryl methyl sites for hydroxylation is 1. The molecule has 1 N–H and O–H groups in total. The number of benzene rings is 2. The van der Waals surface area contributed by atoms with Crippen molar-refractivity contribution in [3.8, 4) is 11.3 Å². The van der Waals surface area contributed by atoms with E-state index < -0.39 is 11.6 Å². The van der Waals surface area contributed by atoms with E-state index >= 15 is 0 Å². The van der Waals surface area contributed by atoms with Crippen molar-refractivity contribution in [2.75, 3.05) is 0 Å². The smallest absolute Gasteiger partial charge is 0.185 e. The van der Waals surface area contributed by atoms with Crippen LogP contribution in [-0.4, -0.2) is 16.0 Å². The van der Waals surface area contributed by atoms with Crippen molar-refractivity contribution >= 4 is 11.9 Å². The summed E-state index contributed by atoms with van der Waals surface area (Å²) in [6, 6.07) is 12.5. The molecule has 0 saturated heterocycles. The quantitative estimate of drug-likeness (QED) is 0.565. The Hall–Kier alpha value is -3.08. The third kappa shape index (κ3) is 3.46. The highest BCUT2D eigenvalue weighted by atomic mass is 19.2. The van der Waals surface area contributed by atoms with Crippen molar-refractivity contribution in [2.24, 2.45) is 0 Å². The van der Waals surface area contributed by atoms with Crippen LogP contribution < -0.4 is 0 Å². The molecule has 0 saturated carbocycles. The fourth-order valence-corrected chi connectivity index (χ4v) is 2.20. The van der Waals surface area contributed by atoms with Crippen LogP contribution in [0.3, 0.4) is 0 Å². The number of aromatic nitrogens is 2. The summed E-state index contributed by atoms with van der Waals surface area (Å²) in [5, 5.41) is 6.79. The molecule has 0 amide bonds. The van der Waals surface area contributed by atoms with E-state index in [1.807, 2.05) is 19.1 Å². The van der Waals surface area contributed by atoms with Gasteiger partial charge < -0.3 is 0 Å². The Morgan fingerprint density at radius 3 is 2.50 bits per heavy atom. The molecule has 0 aliphatic carbocycles. The van der Waals surface area contributed by atoms with Crippen LogP contribution in [0.2, 0.25) is 0 Å². The molecule has 3 aromatic rings. The fourth-order valence-electron chi connectivity index (χ4n) is 2.20. The van der Waals surface area contributed by atoms with Gasteiger partial charge in [0.05, 0.1) is 11.4 Å². The molecular weight excluding hydrogens is 310 g/mol. The number of carbonyl (C=O) groups is 1. The van der Waals surface area contributed by atoms with E-state index in [1.165, 1.54) is 12.1 Å². The highest BCUT2D eigenvalue weighted by molar-refractivity contribution is 6.06. The fraction of sp³-hybridized carbons (Fsp3) is 0.0526. The number of halogens is 2. The molecule has 3 rings (SSSR count). The minimum Gasteiger partial charge on any atom is -0.289 e. The lowest BCUT2D eigenvalue weighted by Gasteiger charge is -1.97. The van der Waals surface area contributed by atoms with Gasteiger partial charge in [-0.3, -0.25) is 9.89 Å². The third-order valence-corrected chi connectivity index (χ3v) is 3.56. The number of allylic oxidation sites excluding steroid dienone is 1. The molecule has 24 heavy (non-hydrogen) atoms. The maximum Gasteiger partial charge on any atom is 0.185 e. The lowest BCUT2D eigenvalue weighted by Crippen LogP contribution is -1.93. The number of ketones is 1. The van der Waals surface area contributed by atoms with Gasteiger partial charge >= 0.3 is 0 Å². The molecule has 120 valence electrons. The number of carbonyl (C=O) groups excluding carboxylic acids is 1. The summed E-state index contributed by atoms with van der Waals surface area (Å²) >= 11 is 0. The molecule has 0 unspecified atom stereocenters. The first-order valence-corrected chi connectivity index (χ1v) is 7.33. The first-order chi connectivity index (χ1) is 11.5. The second-order valence-corrected chi connectivity index (χ2v) is 5.40. The number of nitrogens with zero attached hydrogens (tertiary/aromatic N) is 1. The van der Waals surface area contributed by atoms with Crippen molar-refractivity contribution < 1.29 is 13.6 Å². The van der Waals surface area contributed by atoms with Crippen molar-refractivity contribution in [1.29, 1.82) is 0 Å². The molecule has 1 aromatic heterocycles. The number of hydrogen-bond donors (Lipinski definition) is 1. The Morgan fingerprint density at radius 1 is 1.04 bits per heavy atom. The van der Waals surface area contributed by atoms with Crippen LogP contribution in [0.5, 0.6) is 0 Å². The van der Waals surface area contributed by atoms with Crippen LogP contribution in [-0.2, 0) is 0 Å². The summed E-state index contributed by atoms with van der Waals surface area (Å²) in [5.41, 5.74) is 3.19. The molecule has 0 fully saturated rings. The summed E-state index contributed by atoms with van der Waals surface area (Å²) in [6.07, 6.45) is 3.03. The highest BCUT2D eigenvalue weighted by Crippen LogP contribution is 2.20. The molecular formula is C19H14F2N2O. The van der Waals surface area contributed by atoms with Crippen molar-refractivity contribution in [3.05, 3.63) is 83.1 Å². The summed E-state index contributed by atoms with van der Waals surface area (Å²) in [5.74, 6) is -1.96. The molecule has 0 aliphatic heterocycles. The number of rotatable bonds is 4. The van der Waals surface area contributed by atoms with Gasteiger partial charge in [0.2, 0.25) is 0 Å². The molecule has 0 radical (unpaired) electrons. The Balaban J connectivity index is 1.77. The minimum absolute atomic E-state index is 0.126. The minimum atomic E-state index is -0.929. The number of hydrogen-bond acceptors (Lipinski definition) is 2. The van der Waals surface area contributed by atoms with Gasteiger partial charge in [0, 0.05) is 11.1 Å². The topological polar surface area (TPSA) is 45.8 Å². The van der Waals surface area contributed by atoms with E-state index in [0.717, 1.165) is 17.7 Å². The molecule has 0 spiro atoms. The zero-order chi connectivity index (χ0) is 17.1. The zero-order valence-electron chi connectivity index (χ0n) is 12.9. The van der Waals surface area contributed by atoms with Crippen molar-refractivity contribution in [3.63, 3.8) is 0 Å². The maximum absolute atomic E-state index is 13.3. The van der Waals surface area contributed by atoms with Gasteiger partial charge in [0.25, 0.3) is 0 Å². The Bertz CT molecular complexity index is 911. The van der Waals surface area contributed by atoms with Gasteiger partial charge in [-0.25, -0.2) is 8.78 Å². The van der Waals surface area contributed by atoms with E-state index in [2.05, 4.69) is 10.2 Å². The number of nitrogens with one attached hydrogen (secondary N) is 1. The maximum atomic E-state index is 13.3. The van der Waals surface area contributed by atoms with E-state index in [0.29, 0.717) is 22.5 Å². The molecule has 5 heteroatoms. The van der Waals surface area contributed by atoms with E-state index in [9.17, 15) is 13.6 Å². The summed E-state index contributed by atoms with van der Waals surface area (Å²) in [4.78, 5) is 12.1. The van der Waals surface area contributed by atoms with E-state index in [1.54, 1.807) is 24.3 Å². The van der Waals surface area contributed by atoms with E-state index in [-0.39, 0.29) is 5.78 Å². The third-order valence-electron chi connectivity index (χ3n) is 3.56. The largest absolute Gasteiger partial charge is 0.289 e. The van der Waals surface area contributed by atoms with Crippen LogP contribution in [0, 0.1) is 18.6 Å². The van der Waals surface area contributed by atoms with Crippen molar-refractivity contribution in [1.82, 2.24) is 10.2 Å². The lowest BCUT2D eigenvalue weighted by molar-refractivity contribution is 0.104. The molecule has 2 aromatic carbocycles. The summed E-state index contributed by atoms with van der Waals surface area (Å²) in [7, 11) is 0. The van der Waals surface area contributed by atoms with Crippen LogP contribution >= 0.6 is 0 Å². The van der Waals surface area contributed by atoms with Gasteiger partial charge in [-0.2, -0.15) is 5.10 Å². The highest BCUT2D eigenvalue weighted by Gasteiger charge is 2.07. The average Bonchev–Trinajstić information content (AvgIpc) is 3.05. The predicted octanol–water partition coefficient (Wildman–Crippen LogP) is 4.56. The predicted molar refractivity (Wildman–Crippen MR) is 88.5 cm³/mol. The Morgan fingerprint density at radius 2 is 1.79 bits per heavy atom. The van der Waals surface area contributed by atoms with Gasteiger partial charge in [-0.05, 0) is 43.3 Å². The SMILES string of the molecule is Cc1ccc(C(=O)C=Cc2cc(-c3ccc(F)c(F)c3)n[nH]2)cc1. The number of H-pyrrole nitrogens is 1. The Kier molecular flexibility index (Phi) is 4.33. The van der Waals surface area contributed by atoms with Crippen LogP contribution in [0.4, 0.5) is 8.78 Å². The van der Waals surface area contributed by atoms with Crippen LogP contribution in [0.1, 0.15) is 21.6 Å². The van der Waals surface area contributed by atoms with E-state index in [4.69, 9.17) is 0 Å². The van der Waals surface area contributed by atoms with Gasteiger partial charge in [-0.1, -0.05) is 29.8 Å². The number of aromatic amines is 1. The first kappa shape index (κ1) is 15.8. The zero-order valence-corrected chi connectivity index (χ0v) is 12.9. The first-order valence-electron chi connectivity index (χ1n) is 7.33. The van der Waals surface area contributed by atoms with Crippen LogP contribution in [0.25, 0.3) is 17.3 Å². The Labute approximate surface area is 137 Å². The van der Waals surface area contributed by atoms with Gasteiger partial charge in [0.15, 0.2) is 17.4 Å². The van der Waals surface area contributed by atoms with Crippen LogP contribution in [0.15, 0.2) is 54.6 Å². The summed E-state index contributed by atoms with van der Waals surface area (Å²) in [6.45, 7) is 1.95. The molecule has 0 bridgehead atoms. The molecule has 0 atom stereocenters. The molecule has 3 nitrogen and oxygen atoms in total. The van der Waals surface area contributed by atoms with Crippen molar-refractivity contribution in [2.45, 2.75) is 6.92 Å². The average molecular weight is 324 g/mol. The second-order valence-electron chi connectivity index (χ2n) is 5.40. The van der Waals surface area contributed by atoms with Gasteiger partial charge in [-0.15, -0.1) is 0 Å². The molecule has 0 aliphatic rings. The lowest BCUT2D eigenvalue weighted by atomic mass is 10.1. The standard InChI is InChI=1S/C19H14F2N2O/c1-12-2-4-13(5-3-12)19(24)9-7-15-11-18(23-22-15)14-6-8-16(20)17(21)10-14/h2-11H,1H3,(H,22,23). The normalized spacial score (nSPS) is 11.1. The second kappa shape index (κ2) is 6.58. The summed E-state index contributed by atoms with van der Waals surface area (Å²) < 4.78 is 26.2. The monoisotopic (exact) mass is 324 g/mol. The van der Waals surface area contributed by atoms with Gasteiger partial charge in [0.1, 0.15) is 0 Å². The molecule has 1 heterocycles.